The first-order valence-electron chi connectivity index (χ1n) is 8.32. The SMILES string of the molecule is c1c[nH]cn1.c1ccc(OP(Oc2ccccc2)Oc2ccccc2)cc1. The molecule has 0 atom stereocenters. The van der Waals surface area contributed by atoms with E-state index in [2.05, 4.69) is 9.97 Å². The third-order valence-corrected chi connectivity index (χ3v) is 4.26. The minimum absolute atomic E-state index is 0.709. The van der Waals surface area contributed by atoms with E-state index < -0.39 is 8.60 Å². The molecule has 3 aromatic carbocycles. The average Bonchev–Trinajstić information content (AvgIpc) is 3.30. The normalized spacial score (nSPS) is 9.81. The number of aromatic amines is 1. The van der Waals surface area contributed by atoms with Gasteiger partial charge in [0.25, 0.3) is 0 Å². The average molecular weight is 378 g/mol. The summed E-state index contributed by atoms with van der Waals surface area (Å²) < 4.78 is 17.5. The first-order valence-corrected chi connectivity index (χ1v) is 9.41. The highest BCUT2D eigenvalue weighted by atomic mass is 31.2. The van der Waals surface area contributed by atoms with Gasteiger partial charge in [0, 0.05) is 12.4 Å². The Morgan fingerprint density at radius 3 is 1.26 bits per heavy atom. The number of hydrogen-bond acceptors (Lipinski definition) is 4. The van der Waals surface area contributed by atoms with Crippen LogP contribution in [-0.4, -0.2) is 9.97 Å². The van der Waals surface area contributed by atoms with Crippen LogP contribution in [0.15, 0.2) is 110 Å². The molecule has 0 aliphatic heterocycles. The molecule has 1 heterocycles. The van der Waals surface area contributed by atoms with Crippen molar-refractivity contribution in [1.82, 2.24) is 9.97 Å². The maximum atomic E-state index is 5.84. The molecule has 5 nitrogen and oxygen atoms in total. The predicted octanol–water partition coefficient (Wildman–Crippen LogP) is 5.86. The standard InChI is InChI=1S/C18H15O3P.C3H4N2/c1-4-10-16(11-5-1)19-22(20-17-12-6-2-7-13-17)21-18-14-8-3-9-15-18;1-2-5-3-4-1/h1-15H;1-3H,(H,4,5). The molecule has 0 saturated carbocycles. The number of benzene rings is 3. The van der Waals surface area contributed by atoms with Crippen LogP contribution in [0.2, 0.25) is 0 Å². The Morgan fingerprint density at radius 2 is 1.00 bits per heavy atom. The van der Waals surface area contributed by atoms with E-state index in [1.807, 2.05) is 91.0 Å². The quantitative estimate of drug-likeness (QED) is 0.427. The number of aromatic nitrogens is 2. The maximum absolute atomic E-state index is 5.84. The van der Waals surface area contributed by atoms with E-state index in [4.69, 9.17) is 13.6 Å². The lowest BCUT2D eigenvalue weighted by molar-refractivity contribution is 0.388. The molecule has 0 amide bonds. The Kier molecular flexibility index (Phi) is 7.28. The van der Waals surface area contributed by atoms with Gasteiger partial charge in [-0.2, -0.15) is 0 Å². The summed E-state index contributed by atoms with van der Waals surface area (Å²) in [7, 11) is -1.59. The zero-order chi connectivity index (χ0) is 18.6. The van der Waals surface area contributed by atoms with E-state index in [1.165, 1.54) is 0 Å². The molecule has 4 rings (SSSR count). The number of hydrogen-bond donors (Lipinski definition) is 1. The third kappa shape index (κ3) is 6.84. The summed E-state index contributed by atoms with van der Waals surface area (Å²) >= 11 is 0. The number of imidazole rings is 1. The number of nitrogens with zero attached hydrogens (tertiary/aromatic N) is 1. The number of rotatable bonds is 6. The van der Waals surface area contributed by atoms with Gasteiger partial charge in [0.05, 0.1) is 6.33 Å². The van der Waals surface area contributed by atoms with Crippen LogP contribution < -0.4 is 13.6 Å². The summed E-state index contributed by atoms with van der Waals surface area (Å²) in [6, 6.07) is 28.5. The molecule has 6 heteroatoms. The van der Waals surface area contributed by atoms with Gasteiger partial charge in [-0.3, -0.25) is 0 Å². The fourth-order valence-electron chi connectivity index (χ4n) is 1.97. The second-order valence-electron chi connectivity index (χ2n) is 5.20. The first kappa shape index (κ1) is 18.5. The highest BCUT2D eigenvalue weighted by molar-refractivity contribution is 7.43. The molecule has 136 valence electrons. The fourth-order valence-corrected chi connectivity index (χ4v) is 2.97. The van der Waals surface area contributed by atoms with Crippen molar-refractivity contribution in [3.05, 3.63) is 110 Å². The Hall–Kier alpha value is -3.30. The van der Waals surface area contributed by atoms with Crippen molar-refractivity contribution >= 4 is 8.60 Å². The van der Waals surface area contributed by atoms with Gasteiger partial charge in [-0.05, 0) is 36.4 Å². The van der Waals surface area contributed by atoms with Crippen LogP contribution in [0.1, 0.15) is 0 Å². The highest BCUT2D eigenvalue weighted by Gasteiger charge is 2.19. The van der Waals surface area contributed by atoms with Gasteiger partial charge in [0.2, 0.25) is 0 Å². The van der Waals surface area contributed by atoms with Crippen molar-refractivity contribution < 1.29 is 13.6 Å². The van der Waals surface area contributed by atoms with Gasteiger partial charge >= 0.3 is 8.60 Å². The van der Waals surface area contributed by atoms with Crippen molar-refractivity contribution in [3.8, 4) is 17.2 Å². The molecule has 0 radical (unpaired) electrons. The van der Waals surface area contributed by atoms with Crippen molar-refractivity contribution in [1.29, 1.82) is 0 Å². The number of H-pyrrole nitrogens is 1. The van der Waals surface area contributed by atoms with Gasteiger partial charge in [0.1, 0.15) is 17.2 Å². The summed E-state index contributed by atoms with van der Waals surface area (Å²) in [6.45, 7) is 0. The molecular formula is C21H19N2O3P. The smallest absolute Gasteiger partial charge is 0.409 e. The largest absolute Gasteiger partial charge is 0.530 e. The van der Waals surface area contributed by atoms with Crippen LogP contribution in [0.4, 0.5) is 0 Å². The molecule has 0 spiro atoms. The Balaban J connectivity index is 0.000000364. The Morgan fingerprint density at radius 1 is 0.593 bits per heavy atom. The van der Waals surface area contributed by atoms with Gasteiger partial charge in [-0.15, -0.1) is 0 Å². The van der Waals surface area contributed by atoms with E-state index in [-0.39, 0.29) is 0 Å². The van der Waals surface area contributed by atoms with Crippen LogP contribution in [0.3, 0.4) is 0 Å². The number of para-hydroxylation sites is 3. The molecular weight excluding hydrogens is 359 g/mol. The Bertz CT molecular complexity index is 744. The fraction of sp³-hybridized carbons (Fsp3) is 0. The lowest BCUT2D eigenvalue weighted by atomic mass is 10.3. The Labute approximate surface area is 159 Å². The van der Waals surface area contributed by atoms with Crippen LogP contribution >= 0.6 is 8.60 Å². The van der Waals surface area contributed by atoms with Gasteiger partial charge in [-0.1, -0.05) is 54.6 Å². The summed E-state index contributed by atoms with van der Waals surface area (Å²) in [6.07, 6.45) is 5.08. The topological polar surface area (TPSA) is 56.4 Å². The molecule has 1 aromatic heterocycles. The molecule has 1 N–H and O–H groups in total. The van der Waals surface area contributed by atoms with Crippen molar-refractivity contribution in [2.45, 2.75) is 0 Å². The molecule has 0 aliphatic carbocycles. The summed E-state index contributed by atoms with van der Waals surface area (Å²) in [5, 5.41) is 0. The minimum Gasteiger partial charge on any atom is -0.409 e. The molecule has 27 heavy (non-hydrogen) atoms. The van der Waals surface area contributed by atoms with Crippen LogP contribution in [-0.2, 0) is 0 Å². The van der Waals surface area contributed by atoms with Crippen molar-refractivity contribution in [2.75, 3.05) is 0 Å². The van der Waals surface area contributed by atoms with E-state index in [0.29, 0.717) is 17.2 Å². The second-order valence-corrected chi connectivity index (χ2v) is 6.19. The van der Waals surface area contributed by atoms with Crippen LogP contribution in [0.25, 0.3) is 0 Å². The highest BCUT2D eigenvalue weighted by Crippen LogP contribution is 2.41. The van der Waals surface area contributed by atoms with Crippen LogP contribution in [0.5, 0.6) is 17.2 Å². The molecule has 0 fully saturated rings. The zero-order valence-corrected chi connectivity index (χ0v) is 15.4. The number of nitrogens with one attached hydrogen (secondary N) is 1. The van der Waals surface area contributed by atoms with E-state index in [1.54, 1.807) is 18.7 Å². The lowest BCUT2D eigenvalue weighted by Crippen LogP contribution is -2.02. The lowest BCUT2D eigenvalue weighted by Gasteiger charge is -2.17. The van der Waals surface area contributed by atoms with Crippen LogP contribution in [0, 0.1) is 0 Å². The van der Waals surface area contributed by atoms with Crippen molar-refractivity contribution in [2.24, 2.45) is 0 Å². The minimum atomic E-state index is -1.59. The van der Waals surface area contributed by atoms with Gasteiger partial charge in [0.15, 0.2) is 0 Å². The van der Waals surface area contributed by atoms with E-state index >= 15 is 0 Å². The predicted molar refractivity (Wildman–Crippen MR) is 107 cm³/mol. The summed E-state index contributed by atoms with van der Waals surface area (Å²) in [5.74, 6) is 2.13. The van der Waals surface area contributed by atoms with Gasteiger partial charge < -0.3 is 18.6 Å². The third-order valence-electron chi connectivity index (χ3n) is 3.18. The summed E-state index contributed by atoms with van der Waals surface area (Å²) in [4.78, 5) is 6.42. The first-order chi connectivity index (χ1) is 13.4. The maximum Gasteiger partial charge on any atom is 0.530 e. The molecule has 0 bridgehead atoms. The molecule has 0 aliphatic rings. The molecule has 4 aromatic rings. The molecule has 0 unspecified atom stereocenters. The van der Waals surface area contributed by atoms with E-state index in [9.17, 15) is 0 Å². The summed E-state index contributed by atoms with van der Waals surface area (Å²) in [5.41, 5.74) is 0. The van der Waals surface area contributed by atoms with Crippen molar-refractivity contribution in [3.63, 3.8) is 0 Å². The van der Waals surface area contributed by atoms with Gasteiger partial charge in [-0.25, -0.2) is 4.98 Å². The van der Waals surface area contributed by atoms with E-state index in [0.717, 1.165) is 0 Å². The zero-order valence-electron chi connectivity index (χ0n) is 14.5. The monoisotopic (exact) mass is 378 g/mol. The second kappa shape index (κ2) is 10.6. The molecule has 0 saturated heterocycles.